The van der Waals surface area contributed by atoms with Gasteiger partial charge in [-0.3, -0.25) is 9.78 Å². The molecule has 0 unspecified atom stereocenters. The van der Waals surface area contributed by atoms with E-state index in [1.807, 2.05) is 29.3 Å². The van der Waals surface area contributed by atoms with E-state index in [4.69, 9.17) is 0 Å². The maximum Gasteiger partial charge on any atom is 0.272 e. The second kappa shape index (κ2) is 6.97. The minimum atomic E-state index is 0.00346. The van der Waals surface area contributed by atoms with Crippen molar-refractivity contribution >= 4 is 16.8 Å². The first-order valence-electron chi connectivity index (χ1n) is 8.68. The normalized spacial score (nSPS) is 17.6. The van der Waals surface area contributed by atoms with Crippen LogP contribution in [-0.4, -0.2) is 38.8 Å². The van der Waals surface area contributed by atoms with Gasteiger partial charge in [0.15, 0.2) is 0 Å². The summed E-state index contributed by atoms with van der Waals surface area (Å²) in [6, 6.07) is 12.1. The molecule has 1 aliphatic heterocycles. The van der Waals surface area contributed by atoms with Gasteiger partial charge in [-0.05, 0) is 48.9 Å². The summed E-state index contributed by atoms with van der Waals surface area (Å²) in [7, 11) is 0. The van der Waals surface area contributed by atoms with Gasteiger partial charge >= 0.3 is 0 Å². The molecule has 0 saturated carbocycles. The van der Waals surface area contributed by atoms with Gasteiger partial charge in [-0.1, -0.05) is 18.2 Å². The Labute approximate surface area is 146 Å². The van der Waals surface area contributed by atoms with Gasteiger partial charge in [0.05, 0.1) is 5.52 Å². The first-order valence-corrected chi connectivity index (χ1v) is 8.68. The van der Waals surface area contributed by atoms with Crippen LogP contribution in [0.2, 0.25) is 0 Å². The van der Waals surface area contributed by atoms with Gasteiger partial charge in [0.1, 0.15) is 12.0 Å². The number of benzene rings is 1. The first-order chi connectivity index (χ1) is 12.3. The van der Waals surface area contributed by atoms with Crippen molar-refractivity contribution in [1.82, 2.24) is 19.9 Å². The Bertz CT molecular complexity index is 881. The van der Waals surface area contributed by atoms with Crippen LogP contribution in [-0.2, 0) is 6.42 Å². The third-order valence-corrected chi connectivity index (χ3v) is 4.78. The lowest BCUT2D eigenvalue weighted by Gasteiger charge is -2.32. The second-order valence-corrected chi connectivity index (χ2v) is 6.59. The molecule has 0 N–H and O–H groups in total. The predicted octanol–water partition coefficient (Wildman–Crippen LogP) is 3.12. The van der Waals surface area contributed by atoms with Crippen LogP contribution < -0.4 is 0 Å². The van der Waals surface area contributed by atoms with Gasteiger partial charge in [0.2, 0.25) is 0 Å². The van der Waals surface area contributed by atoms with Crippen molar-refractivity contribution in [2.45, 2.75) is 19.3 Å². The lowest BCUT2D eigenvalue weighted by molar-refractivity contribution is 0.0667. The molecule has 0 radical (unpaired) electrons. The standard InChI is InChI=1S/C20H20N4O/c25-20(19-7-8-21-14-23-19)24-9-3-4-15(13-24)10-16-11-17-5-1-2-6-18(17)22-12-16/h1-2,5-8,11-12,14-15H,3-4,9-10,13H2/t15-/m1/s1. The molecule has 25 heavy (non-hydrogen) atoms. The number of piperidine rings is 1. The van der Waals surface area contributed by atoms with E-state index in [-0.39, 0.29) is 5.91 Å². The summed E-state index contributed by atoms with van der Waals surface area (Å²) < 4.78 is 0. The smallest absolute Gasteiger partial charge is 0.272 e. The Balaban J connectivity index is 1.46. The molecule has 5 nitrogen and oxygen atoms in total. The van der Waals surface area contributed by atoms with Crippen molar-refractivity contribution < 1.29 is 4.79 Å². The average Bonchev–Trinajstić information content (AvgIpc) is 2.68. The molecule has 1 atom stereocenters. The highest BCUT2D eigenvalue weighted by molar-refractivity contribution is 5.92. The summed E-state index contributed by atoms with van der Waals surface area (Å²) in [6.45, 7) is 1.57. The third-order valence-electron chi connectivity index (χ3n) is 4.78. The number of likely N-dealkylation sites (tertiary alicyclic amines) is 1. The lowest BCUT2D eigenvalue weighted by atomic mass is 9.91. The van der Waals surface area contributed by atoms with E-state index < -0.39 is 0 Å². The van der Waals surface area contributed by atoms with Crippen LogP contribution in [0.4, 0.5) is 0 Å². The summed E-state index contributed by atoms with van der Waals surface area (Å²) in [5.41, 5.74) is 2.73. The number of carbonyl (C=O) groups excluding carboxylic acids is 1. The fraction of sp³-hybridized carbons (Fsp3) is 0.300. The van der Waals surface area contributed by atoms with Crippen LogP contribution in [0, 0.1) is 5.92 Å². The predicted molar refractivity (Wildman–Crippen MR) is 96.1 cm³/mol. The number of nitrogens with zero attached hydrogens (tertiary/aromatic N) is 4. The number of amides is 1. The fourth-order valence-electron chi connectivity index (χ4n) is 3.56. The van der Waals surface area contributed by atoms with E-state index in [2.05, 4.69) is 27.1 Å². The Morgan fingerprint density at radius 3 is 3.00 bits per heavy atom. The molecule has 4 rings (SSSR count). The van der Waals surface area contributed by atoms with Crippen molar-refractivity contribution in [2.75, 3.05) is 13.1 Å². The molecule has 2 aromatic heterocycles. The lowest BCUT2D eigenvalue weighted by Crippen LogP contribution is -2.40. The quantitative estimate of drug-likeness (QED) is 0.739. The third kappa shape index (κ3) is 3.50. The SMILES string of the molecule is O=C(c1ccncn1)N1CCC[C@H](Cc2cnc3ccccc3c2)C1. The Morgan fingerprint density at radius 2 is 2.12 bits per heavy atom. The maximum absolute atomic E-state index is 12.6. The van der Waals surface area contributed by atoms with Crippen molar-refractivity contribution in [3.63, 3.8) is 0 Å². The number of aromatic nitrogens is 3. The molecule has 1 aromatic carbocycles. The molecule has 5 heteroatoms. The molecule has 1 aliphatic rings. The highest BCUT2D eigenvalue weighted by Gasteiger charge is 2.25. The van der Waals surface area contributed by atoms with Gasteiger partial charge in [-0.2, -0.15) is 0 Å². The molecule has 0 bridgehead atoms. The largest absolute Gasteiger partial charge is 0.337 e. The summed E-state index contributed by atoms with van der Waals surface area (Å²) >= 11 is 0. The van der Waals surface area contributed by atoms with Gasteiger partial charge in [0, 0.05) is 30.9 Å². The summed E-state index contributed by atoms with van der Waals surface area (Å²) in [4.78, 5) is 27.0. The zero-order valence-electron chi connectivity index (χ0n) is 14.0. The number of fused-ring (bicyclic) bond motifs is 1. The number of carbonyl (C=O) groups is 1. The molecule has 1 amide bonds. The van der Waals surface area contributed by atoms with Crippen molar-refractivity contribution in [3.05, 3.63) is 66.4 Å². The van der Waals surface area contributed by atoms with Gasteiger partial charge in [0.25, 0.3) is 5.91 Å². The average molecular weight is 332 g/mol. The number of para-hydroxylation sites is 1. The van der Waals surface area contributed by atoms with Crippen molar-refractivity contribution in [1.29, 1.82) is 0 Å². The second-order valence-electron chi connectivity index (χ2n) is 6.59. The highest BCUT2D eigenvalue weighted by Crippen LogP contribution is 2.23. The first kappa shape index (κ1) is 15.7. The van der Waals surface area contributed by atoms with E-state index in [0.717, 1.165) is 37.9 Å². The number of hydrogen-bond acceptors (Lipinski definition) is 4. The Kier molecular flexibility index (Phi) is 4.37. The number of hydrogen-bond donors (Lipinski definition) is 0. The van der Waals surface area contributed by atoms with E-state index in [9.17, 15) is 4.79 Å². The molecule has 1 fully saturated rings. The molecule has 0 aliphatic carbocycles. The summed E-state index contributed by atoms with van der Waals surface area (Å²) in [6.07, 6.45) is 8.12. The van der Waals surface area contributed by atoms with Crippen LogP contribution in [0.25, 0.3) is 10.9 Å². The number of pyridine rings is 1. The van der Waals surface area contributed by atoms with Crippen LogP contribution in [0.5, 0.6) is 0 Å². The van der Waals surface area contributed by atoms with Crippen LogP contribution >= 0.6 is 0 Å². The van der Waals surface area contributed by atoms with E-state index in [0.29, 0.717) is 11.6 Å². The van der Waals surface area contributed by atoms with Crippen LogP contribution in [0.1, 0.15) is 28.9 Å². The van der Waals surface area contributed by atoms with Crippen molar-refractivity contribution in [2.24, 2.45) is 5.92 Å². The zero-order valence-corrected chi connectivity index (χ0v) is 14.0. The molecular formula is C20H20N4O. The molecule has 0 spiro atoms. The van der Waals surface area contributed by atoms with Gasteiger partial charge in [-0.15, -0.1) is 0 Å². The minimum Gasteiger partial charge on any atom is -0.337 e. The van der Waals surface area contributed by atoms with Crippen LogP contribution in [0.3, 0.4) is 0 Å². The maximum atomic E-state index is 12.6. The highest BCUT2D eigenvalue weighted by atomic mass is 16.2. The van der Waals surface area contributed by atoms with Crippen LogP contribution in [0.15, 0.2) is 55.1 Å². The minimum absolute atomic E-state index is 0.00346. The van der Waals surface area contributed by atoms with Gasteiger partial charge < -0.3 is 4.90 Å². The topological polar surface area (TPSA) is 59.0 Å². The fourth-order valence-corrected chi connectivity index (χ4v) is 3.56. The van der Waals surface area contributed by atoms with Gasteiger partial charge in [-0.25, -0.2) is 9.97 Å². The van der Waals surface area contributed by atoms with E-state index in [1.165, 1.54) is 17.3 Å². The Morgan fingerprint density at radius 1 is 1.20 bits per heavy atom. The molecular weight excluding hydrogens is 312 g/mol. The summed E-state index contributed by atoms with van der Waals surface area (Å²) in [5.74, 6) is 0.464. The van der Waals surface area contributed by atoms with E-state index >= 15 is 0 Å². The molecule has 3 aromatic rings. The monoisotopic (exact) mass is 332 g/mol. The number of rotatable bonds is 3. The Hall–Kier alpha value is -2.82. The molecule has 126 valence electrons. The van der Waals surface area contributed by atoms with Crippen molar-refractivity contribution in [3.8, 4) is 0 Å². The molecule has 3 heterocycles. The molecule has 1 saturated heterocycles. The van der Waals surface area contributed by atoms with E-state index in [1.54, 1.807) is 12.3 Å². The summed E-state index contributed by atoms with van der Waals surface area (Å²) in [5, 5.41) is 1.17. The zero-order chi connectivity index (χ0) is 17.1.